The highest BCUT2D eigenvalue weighted by Crippen LogP contribution is 2.57. The van der Waals surface area contributed by atoms with Crippen LogP contribution in [0.2, 0.25) is 0 Å². The molecule has 0 unspecified atom stereocenters. The van der Waals surface area contributed by atoms with Crippen molar-refractivity contribution >= 4 is 5.69 Å². The van der Waals surface area contributed by atoms with Gasteiger partial charge in [0.05, 0.1) is 11.3 Å². The topological polar surface area (TPSA) is 70.6 Å². The number of anilines is 1. The zero-order chi connectivity index (χ0) is 18.4. The number of pyridine rings is 1. The summed E-state index contributed by atoms with van der Waals surface area (Å²) in [6.45, 7) is 1.99. The second kappa shape index (κ2) is 5.92. The molecular formula is C21H20N6. The molecule has 0 N–H and O–H groups in total. The van der Waals surface area contributed by atoms with Crippen molar-refractivity contribution in [2.45, 2.75) is 18.8 Å². The van der Waals surface area contributed by atoms with Gasteiger partial charge in [0.15, 0.2) is 0 Å². The average Bonchev–Trinajstić information content (AvgIpc) is 3.06. The number of hydrogen-bond acceptors (Lipinski definition) is 5. The Labute approximate surface area is 158 Å². The van der Waals surface area contributed by atoms with E-state index in [-0.39, 0.29) is 0 Å². The molecule has 2 aromatic heterocycles. The zero-order valence-corrected chi connectivity index (χ0v) is 15.2. The van der Waals surface area contributed by atoms with E-state index in [1.807, 2.05) is 36.0 Å². The molecule has 27 heavy (non-hydrogen) atoms. The highest BCUT2D eigenvalue weighted by molar-refractivity contribution is 5.83. The van der Waals surface area contributed by atoms with Crippen molar-refractivity contribution in [3.05, 3.63) is 60.4 Å². The molecule has 3 heterocycles. The van der Waals surface area contributed by atoms with Crippen LogP contribution in [0.3, 0.4) is 0 Å². The molecule has 1 saturated heterocycles. The van der Waals surface area contributed by atoms with Crippen LogP contribution in [0, 0.1) is 16.7 Å². The van der Waals surface area contributed by atoms with E-state index in [9.17, 15) is 5.26 Å². The van der Waals surface area contributed by atoms with Gasteiger partial charge in [0.2, 0.25) is 0 Å². The van der Waals surface area contributed by atoms with Gasteiger partial charge in [-0.3, -0.25) is 4.98 Å². The third kappa shape index (κ3) is 2.50. The smallest absolute Gasteiger partial charge is 0.135 e. The molecule has 1 aliphatic heterocycles. The molecule has 1 aromatic carbocycles. The van der Waals surface area contributed by atoms with E-state index in [0.717, 1.165) is 54.1 Å². The number of aromatic nitrogens is 4. The van der Waals surface area contributed by atoms with Gasteiger partial charge in [0, 0.05) is 55.0 Å². The molecule has 6 heteroatoms. The summed E-state index contributed by atoms with van der Waals surface area (Å²) in [6.07, 6.45) is 7.70. The molecule has 0 radical (unpaired) electrons. The van der Waals surface area contributed by atoms with Crippen molar-refractivity contribution in [1.29, 1.82) is 5.26 Å². The van der Waals surface area contributed by atoms with Crippen molar-refractivity contribution in [1.82, 2.24) is 19.7 Å². The van der Waals surface area contributed by atoms with Crippen LogP contribution in [0.25, 0.3) is 11.1 Å². The maximum atomic E-state index is 9.65. The minimum absolute atomic E-state index is 0.353. The normalized spacial score (nSPS) is 18.0. The third-order valence-electron chi connectivity index (χ3n) is 5.97. The van der Waals surface area contributed by atoms with E-state index in [0.29, 0.717) is 11.3 Å². The molecule has 0 atom stereocenters. The van der Waals surface area contributed by atoms with Crippen LogP contribution in [0.15, 0.2) is 49.1 Å². The van der Waals surface area contributed by atoms with Gasteiger partial charge in [0.1, 0.15) is 18.2 Å². The van der Waals surface area contributed by atoms with Crippen LogP contribution in [0.4, 0.5) is 5.69 Å². The van der Waals surface area contributed by atoms with Gasteiger partial charge in [0.25, 0.3) is 0 Å². The maximum absolute atomic E-state index is 9.65. The molecule has 0 bridgehead atoms. The number of nitrogens with zero attached hydrogens (tertiary/aromatic N) is 6. The number of rotatable bonds is 3. The fourth-order valence-corrected chi connectivity index (χ4v) is 4.74. The summed E-state index contributed by atoms with van der Waals surface area (Å²) in [5, 5.41) is 17.9. The number of aryl methyl sites for hydroxylation is 1. The minimum Gasteiger partial charge on any atom is -0.369 e. The van der Waals surface area contributed by atoms with Crippen LogP contribution < -0.4 is 4.90 Å². The zero-order valence-electron chi connectivity index (χ0n) is 15.2. The van der Waals surface area contributed by atoms with Crippen molar-refractivity contribution < 1.29 is 0 Å². The van der Waals surface area contributed by atoms with Crippen LogP contribution in [-0.2, 0) is 7.05 Å². The van der Waals surface area contributed by atoms with E-state index in [4.69, 9.17) is 0 Å². The molecular weight excluding hydrogens is 336 g/mol. The second-order valence-corrected chi connectivity index (χ2v) is 7.82. The van der Waals surface area contributed by atoms with Crippen LogP contribution in [-0.4, -0.2) is 32.8 Å². The Morgan fingerprint density at radius 1 is 1.19 bits per heavy atom. The first-order valence-electron chi connectivity index (χ1n) is 9.21. The molecule has 6 nitrogen and oxygen atoms in total. The van der Waals surface area contributed by atoms with Crippen LogP contribution >= 0.6 is 0 Å². The van der Waals surface area contributed by atoms with Crippen molar-refractivity contribution in [2.24, 2.45) is 12.5 Å². The van der Waals surface area contributed by atoms with Gasteiger partial charge >= 0.3 is 0 Å². The fraction of sp³-hybridized carbons (Fsp3) is 0.333. The van der Waals surface area contributed by atoms with Crippen LogP contribution in [0.1, 0.15) is 30.1 Å². The summed E-state index contributed by atoms with van der Waals surface area (Å²) < 4.78 is 2.03. The SMILES string of the molecule is Cn1cnnc1C1CC2(C1)CN(c1c(C#N)cccc1-c1cccnc1)C2. The Bertz CT molecular complexity index is 1020. The maximum Gasteiger partial charge on any atom is 0.135 e. The number of benzene rings is 1. The van der Waals surface area contributed by atoms with Gasteiger partial charge in [-0.15, -0.1) is 10.2 Å². The second-order valence-electron chi connectivity index (χ2n) is 7.82. The molecule has 1 aliphatic carbocycles. The Morgan fingerprint density at radius 3 is 2.70 bits per heavy atom. The van der Waals surface area contributed by atoms with E-state index in [1.165, 1.54) is 0 Å². The Hall–Kier alpha value is -3.20. The van der Waals surface area contributed by atoms with E-state index < -0.39 is 0 Å². The van der Waals surface area contributed by atoms with Gasteiger partial charge < -0.3 is 9.47 Å². The summed E-state index contributed by atoms with van der Waals surface area (Å²) in [5.74, 6) is 1.59. The molecule has 134 valence electrons. The molecule has 1 saturated carbocycles. The highest BCUT2D eigenvalue weighted by Gasteiger charge is 2.54. The first-order valence-corrected chi connectivity index (χ1v) is 9.21. The summed E-state index contributed by atoms with van der Waals surface area (Å²) in [4.78, 5) is 6.60. The third-order valence-corrected chi connectivity index (χ3v) is 5.97. The Morgan fingerprint density at radius 2 is 2.04 bits per heavy atom. The van der Waals surface area contributed by atoms with E-state index in [2.05, 4.69) is 38.3 Å². The summed E-state index contributed by atoms with van der Waals surface area (Å²) in [5.41, 5.74) is 4.26. The van der Waals surface area contributed by atoms with Gasteiger partial charge in [-0.05, 0) is 25.0 Å². The highest BCUT2D eigenvalue weighted by atomic mass is 15.3. The first kappa shape index (κ1) is 16.0. The fourth-order valence-electron chi connectivity index (χ4n) is 4.74. The van der Waals surface area contributed by atoms with Gasteiger partial charge in [-0.25, -0.2) is 0 Å². The lowest BCUT2D eigenvalue weighted by Crippen LogP contribution is -2.62. The minimum atomic E-state index is 0.353. The van der Waals surface area contributed by atoms with Crippen molar-refractivity contribution in [3.63, 3.8) is 0 Å². The largest absolute Gasteiger partial charge is 0.369 e. The molecule has 0 amide bonds. The van der Waals surface area contributed by atoms with Gasteiger partial charge in [-0.1, -0.05) is 18.2 Å². The van der Waals surface area contributed by atoms with Crippen LogP contribution in [0.5, 0.6) is 0 Å². The molecule has 2 aliphatic rings. The Balaban J connectivity index is 1.39. The number of hydrogen-bond donors (Lipinski definition) is 0. The van der Waals surface area contributed by atoms with E-state index >= 15 is 0 Å². The van der Waals surface area contributed by atoms with Crippen molar-refractivity contribution in [2.75, 3.05) is 18.0 Å². The Kier molecular flexibility index (Phi) is 3.51. The molecule has 1 spiro atoms. The quantitative estimate of drug-likeness (QED) is 0.721. The summed E-state index contributed by atoms with van der Waals surface area (Å²) >= 11 is 0. The molecule has 3 aromatic rings. The first-order chi connectivity index (χ1) is 13.2. The lowest BCUT2D eigenvalue weighted by molar-refractivity contribution is 0.0583. The predicted molar refractivity (Wildman–Crippen MR) is 102 cm³/mol. The summed E-state index contributed by atoms with van der Waals surface area (Å²) in [6, 6.07) is 12.3. The monoisotopic (exact) mass is 356 g/mol. The van der Waals surface area contributed by atoms with E-state index in [1.54, 1.807) is 12.5 Å². The lowest BCUT2D eigenvalue weighted by Gasteiger charge is -2.60. The number of nitriles is 1. The standard InChI is InChI=1S/C21H20N6/c1-26-14-24-25-20(26)17-8-21(9-17)12-27(13-21)19-15(10-22)4-2-6-18(19)16-5-3-7-23-11-16/h2-7,11,14,17H,8-9,12-13H2,1H3. The number of para-hydroxylation sites is 1. The van der Waals surface area contributed by atoms with Crippen molar-refractivity contribution in [3.8, 4) is 17.2 Å². The summed E-state index contributed by atoms with van der Waals surface area (Å²) in [7, 11) is 2.01. The predicted octanol–water partition coefficient (Wildman–Crippen LogP) is 3.13. The lowest BCUT2D eigenvalue weighted by atomic mass is 9.57. The average molecular weight is 356 g/mol. The van der Waals surface area contributed by atoms with Gasteiger partial charge in [-0.2, -0.15) is 5.26 Å². The molecule has 2 fully saturated rings. The molecule has 5 rings (SSSR count).